The molecule has 0 aliphatic heterocycles. The van der Waals surface area contributed by atoms with E-state index in [0.29, 0.717) is 39.8 Å². The largest absolute Gasteiger partial charge is 0.389 e. The first kappa shape index (κ1) is 15.2. The van der Waals surface area contributed by atoms with Crippen molar-refractivity contribution in [1.82, 2.24) is 0 Å². The summed E-state index contributed by atoms with van der Waals surface area (Å²) in [5, 5.41) is 14.1. The molecule has 0 radical (unpaired) electrons. The highest BCUT2D eigenvalue weighted by Crippen LogP contribution is 2.32. The normalized spacial score (nSPS) is 16.4. The molecule has 3 nitrogen and oxygen atoms in total. The lowest BCUT2D eigenvalue weighted by Crippen LogP contribution is -2.25. The molecular weight excluding hydrogens is 309 g/mol. The maximum Gasteiger partial charge on any atom is 0.0945 e. The molecule has 1 unspecified atom stereocenters. The highest BCUT2D eigenvalue weighted by molar-refractivity contribution is 6.44. The van der Waals surface area contributed by atoms with E-state index in [0.717, 1.165) is 6.61 Å². The minimum absolute atomic E-state index is 0.322. The van der Waals surface area contributed by atoms with E-state index in [9.17, 15) is 5.11 Å². The molecule has 2 rings (SSSR count). The van der Waals surface area contributed by atoms with E-state index >= 15 is 0 Å². The Kier molecular flexibility index (Phi) is 5.60. The Morgan fingerprint density at radius 2 is 1.89 bits per heavy atom. The molecule has 0 spiro atoms. The summed E-state index contributed by atoms with van der Waals surface area (Å²) in [6.07, 6.45) is 1.91. The quantitative estimate of drug-likeness (QED) is 0.749. The first-order valence-corrected chi connectivity index (χ1v) is 7.34. The van der Waals surface area contributed by atoms with E-state index in [2.05, 4.69) is 5.32 Å². The van der Waals surface area contributed by atoms with Gasteiger partial charge in [-0.25, -0.2) is 0 Å². The third-order valence-corrected chi connectivity index (χ3v) is 3.93. The van der Waals surface area contributed by atoms with Crippen LogP contribution in [0.25, 0.3) is 0 Å². The van der Waals surface area contributed by atoms with Crippen LogP contribution in [0.3, 0.4) is 0 Å². The molecule has 0 saturated heterocycles. The third kappa shape index (κ3) is 5.01. The number of halogens is 3. The predicted molar refractivity (Wildman–Crippen MR) is 79.5 cm³/mol. The van der Waals surface area contributed by atoms with Crippen LogP contribution in [0.4, 0.5) is 5.69 Å². The van der Waals surface area contributed by atoms with Gasteiger partial charge < -0.3 is 15.2 Å². The van der Waals surface area contributed by atoms with Gasteiger partial charge in [0.2, 0.25) is 0 Å². The lowest BCUT2D eigenvalue weighted by Gasteiger charge is -2.14. The summed E-state index contributed by atoms with van der Waals surface area (Å²) < 4.78 is 5.41. The Morgan fingerprint density at radius 1 is 1.21 bits per heavy atom. The maximum atomic E-state index is 9.77. The molecule has 0 heterocycles. The average Bonchev–Trinajstić information content (AvgIpc) is 3.16. The fraction of sp³-hybridized carbons (Fsp3) is 0.538. The van der Waals surface area contributed by atoms with Gasteiger partial charge in [-0.3, -0.25) is 0 Å². The van der Waals surface area contributed by atoms with Gasteiger partial charge in [0.05, 0.1) is 33.5 Å². The summed E-state index contributed by atoms with van der Waals surface area (Å²) in [6, 6.07) is 3.22. The zero-order chi connectivity index (χ0) is 13.8. The lowest BCUT2D eigenvalue weighted by molar-refractivity contribution is 0.0386. The Balaban J connectivity index is 1.75. The minimum atomic E-state index is -0.579. The van der Waals surface area contributed by atoms with Crippen molar-refractivity contribution in [3.05, 3.63) is 27.2 Å². The first-order chi connectivity index (χ1) is 9.06. The molecule has 106 valence electrons. The standard InChI is InChI=1S/C13H16Cl3NO2/c14-10-3-12(16)13(4-11(10)15)17-5-9(18)7-19-6-8-1-2-8/h3-4,8-9,17-18H,1-2,5-7H2. The predicted octanol–water partition coefficient (Wildman–Crippen LogP) is 3.85. The fourth-order valence-electron chi connectivity index (χ4n) is 1.60. The Labute approximate surface area is 127 Å². The smallest absolute Gasteiger partial charge is 0.0945 e. The fourth-order valence-corrected chi connectivity index (χ4v) is 2.21. The SMILES string of the molecule is OC(CNc1cc(Cl)c(Cl)cc1Cl)COCC1CC1. The molecule has 19 heavy (non-hydrogen) atoms. The molecule has 1 saturated carbocycles. The van der Waals surface area contributed by atoms with Gasteiger partial charge in [0, 0.05) is 13.2 Å². The van der Waals surface area contributed by atoms with Crippen LogP contribution < -0.4 is 5.32 Å². The van der Waals surface area contributed by atoms with Crippen LogP contribution in [-0.4, -0.2) is 31.0 Å². The summed E-state index contributed by atoms with van der Waals surface area (Å²) in [7, 11) is 0. The second-order valence-corrected chi connectivity index (χ2v) is 5.98. The van der Waals surface area contributed by atoms with E-state index < -0.39 is 6.10 Å². The van der Waals surface area contributed by atoms with E-state index in [-0.39, 0.29) is 0 Å². The molecule has 1 atom stereocenters. The lowest BCUT2D eigenvalue weighted by atomic mass is 10.3. The number of rotatable bonds is 7. The van der Waals surface area contributed by atoms with Crippen molar-refractivity contribution in [2.75, 3.05) is 25.1 Å². The van der Waals surface area contributed by atoms with Crippen molar-refractivity contribution in [3.63, 3.8) is 0 Å². The average molecular weight is 325 g/mol. The van der Waals surface area contributed by atoms with Gasteiger partial charge in [0.1, 0.15) is 0 Å². The zero-order valence-corrected chi connectivity index (χ0v) is 12.6. The molecule has 0 amide bonds. The molecular formula is C13H16Cl3NO2. The summed E-state index contributed by atoms with van der Waals surface area (Å²) >= 11 is 17.8. The van der Waals surface area contributed by atoms with Crippen molar-refractivity contribution in [3.8, 4) is 0 Å². The van der Waals surface area contributed by atoms with E-state index in [1.807, 2.05) is 0 Å². The number of aliphatic hydroxyl groups excluding tert-OH is 1. The summed E-state index contributed by atoms with van der Waals surface area (Å²) in [6.45, 7) is 1.41. The van der Waals surface area contributed by atoms with Crippen LogP contribution in [0.15, 0.2) is 12.1 Å². The van der Waals surface area contributed by atoms with Crippen LogP contribution in [0.5, 0.6) is 0 Å². The number of benzene rings is 1. The van der Waals surface area contributed by atoms with Gasteiger partial charge in [-0.2, -0.15) is 0 Å². The van der Waals surface area contributed by atoms with Crippen LogP contribution in [-0.2, 0) is 4.74 Å². The molecule has 1 fully saturated rings. The molecule has 0 bridgehead atoms. The Morgan fingerprint density at radius 3 is 2.58 bits per heavy atom. The second kappa shape index (κ2) is 7.00. The van der Waals surface area contributed by atoms with Gasteiger partial charge >= 0.3 is 0 Å². The number of ether oxygens (including phenoxy) is 1. The van der Waals surface area contributed by atoms with E-state index in [1.165, 1.54) is 12.8 Å². The number of anilines is 1. The highest BCUT2D eigenvalue weighted by Gasteiger charge is 2.21. The molecule has 6 heteroatoms. The first-order valence-electron chi connectivity index (χ1n) is 6.20. The van der Waals surface area contributed by atoms with Crippen molar-refractivity contribution in [2.45, 2.75) is 18.9 Å². The van der Waals surface area contributed by atoms with Crippen LogP contribution in [0.2, 0.25) is 15.1 Å². The maximum absolute atomic E-state index is 9.77. The number of aliphatic hydroxyl groups is 1. The molecule has 2 N–H and O–H groups in total. The van der Waals surface area contributed by atoms with Crippen molar-refractivity contribution >= 4 is 40.5 Å². The molecule has 1 aliphatic rings. The summed E-state index contributed by atoms with van der Waals surface area (Å²) in [4.78, 5) is 0. The van der Waals surface area contributed by atoms with Crippen LogP contribution in [0.1, 0.15) is 12.8 Å². The minimum Gasteiger partial charge on any atom is -0.389 e. The van der Waals surface area contributed by atoms with Gasteiger partial charge in [0.15, 0.2) is 0 Å². The Hall–Kier alpha value is -0.190. The molecule has 1 aromatic rings. The van der Waals surface area contributed by atoms with Crippen LogP contribution in [0, 0.1) is 5.92 Å². The van der Waals surface area contributed by atoms with Gasteiger partial charge in [0.25, 0.3) is 0 Å². The monoisotopic (exact) mass is 323 g/mol. The van der Waals surface area contributed by atoms with Crippen molar-refractivity contribution < 1.29 is 9.84 Å². The summed E-state index contributed by atoms with van der Waals surface area (Å²) in [5.41, 5.74) is 0.650. The number of hydrogen-bond acceptors (Lipinski definition) is 3. The third-order valence-electron chi connectivity index (χ3n) is 2.90. The molecule has 1 aliphatic carbocycles. The zero-order valence-electron chi connectivity index (χ0n) is 10.3. The van der Waals surface area contributed by atoms with Crippen molar-refractivity contribution in [2.24, 2.45) is 5.92 Å². The highest BCUT2D eigenvalue weighted by atomic mass is 35.5. The van der Waals surface area contributed by atoms with E-state index in [1.54, 1.807) is 12.1 Å². The Bertz CT molecular complexity index is 438. The molecule has 0 aromatic heterocycles. The van der Waals surface area contributed by atoms with E-state index in [4.69, 9.17) is 39.5 Å². The second-order valence-electron chi connectivity index (χ2n) is 4.76. The van der Waals surface area contributed by atoms with Gasteiger partial charge in [-0.15, -0.1) is 0 Å². The number of hydrogen-bond donors (Lipinski definition) is 2. The van der Waals surface area contributed by atoms with Crippen LogP contribution >= 0.6 is 34.8 Å². The van der Waals surface area contributed by atoms with Gasteiger partial charge in [-0.05, 0) is 30.9 Å². The number of nitrogens with one attached hydrogen (secondary N) is 1. The van der Waals surface area contributed by atoms with Crippen molar-refractivity contribution in [1.29, 1.82) is 0 Å². The van der Waals surface area contributed by atoms with Gasteiger partial charge in [-0.1, -0.05) is 34.8 Å². The topological polar surface area (TPSA) is 41.5 Å². The summed E-state index contributed by atoms with van der Waals surface area (Å²) in [5.74, 6) is 0.699. The molecule has 1 aromatic carbocycles.